The minimum Gasteiger partial charge on any atom is -0.486 e. The summed E-state index contributed by atoms with van der Waals surface area (Å²) in [5.74, 6) is 1.68. The summed E-state index contributed by atoms with van der Waals surface area (Å²) in [6.45, 7) is 4.05. The Morgan fingerprint density at radius 3 is 2.92 bits per heavy atom. The zero-order valence-electron chi connectivity index (χ0n) is 14.2. The average Bonchev–Trinajstić information content (AvgIpc) is 2.98. The van der Waals surface area contributed by atoms with Crippen LogP contribution in [-0.2, 0) is 16.1 Å². The lowest BCUT2D eigenvalue weighted by atomic mass is 10.1. The maximum atomic E-state index is 11.6. The van der Waals surface area contributed by atoms with Crippen LogP contribution in [0.1, 0.15) is 44.5 Å². The van der Waals surface area contributed by atoms with E-state index in [0.29, 0.717) is 24.8 Å². The number of aromatic nitrogens is 2. The Kier molecular flexibility index (Phi) is 5.48. The lowest BCUT2D eigenvalue weighted by Gasteiger charge is -2.25. The summed E-state index contributed by atoms with van der Waals surface area (Å²) < 4.78 is 13.3. The van der Waals surface area contributed by atoms with Crippen molar-refractivity contribution in [3.05, 3.63) is 24.0 Å². The van der Waals surface area contributed by atoms with Crippen LogP contribution in [0.2, 0.25) is 0 Å². The third-order valence-corrected chi connectivity index (χ3v) is 4.40. The number of carbonyl (C=O) groups excluding carboxylic acids is 1. The summed E-state index contributed by atoms with van der Waals surface area (Å²) in [6, 6.07) is 6.18. The molecule has 0 spiro atoms. The van der Waals surface area contributed by atoms with Crippen LogP contribution in [-0.4, -0.2) is 35.2 Å². The van der Waals surface area contributed by atoms with Gasteiger partial charge in [-0.2, -0.15) is 0 Å². The van der Waals surface area contributed by atoms with Crippen molar-refractivity contribution in [2.45, 2.75) is 45.2 Å². The van der Waals surface area contributed by atoms with Crippen molar-refractivity contribution in [1.82, 2.24) is 9.55 Å². The maximum Gasteiger partial charge on any atom is 0.170 e. The lowest BCUT2D eigenvalue weighted by Crippen LogP contribution is -2.22. The summed E-state index contributed by atoms with van der Waals surface area (Å²) in [5, 5.41) is 0. The van der Waals surface area contributed by atoms with Gasteiger partial charge in [-0.15, -0.1) is 0 Å². The maximum absolute atomic E-state index is 11.6. The van der Waals surface area contributed by atoms with Gasteiger partial charge < -0.3 is 19.8 Å². The van der Waals surface area contributed by atoms with Gasteiger partial charge in [0.05, 0.1) is 17.6 Å². The summed E-state index contributed by atoms with van der Waals surface area (Å²) in [7, 11) is 0. The van der Waals surface area contributed by atoms with Gasteiger partial charge in [0, 0.05) is 31.7 Å². The molecule has 6 nitrogen and oxygen atoms in total. The molecule has 0 unspecified atom stereocenters. The quantitative estimate of drug-likeness (QED) is 0.843. The monoisotopic (exact) mass is 331 g/mol. The number of nitrogens with zero attached hydrogens (tertiary/aromatic N) is 2. The molecule has 2 heterocycles. The second-order valence-corrected chi connectivity index (χ2v) is 6.17. The SMILES string of the molecule is CCCC(=O)COc1ccc2c(c1)nc(CN)n2C1CCOCC1. The number of ketones is 1. The number of Topliss-reactive ketones (excluding diaryl/α,β-unsaturated/α-hetero) is 1. The second kappa shape index (κ2) is 7.77. The third kappa shape index (κ3) is 3.60. The zero-order valence-corrected chi connectivity index (χ0v) is 14.2. The van der Waals surface area contributed by atoms with Crippen LogP contribution in [0.15, 0.2) is 18.2 Å². The first kappa shape index (κ1) is 16.9. The molecule has 0 aliphatic carbocycles. The molecule has 1 aromatic carbocycles. The molecule has 0 saturated carbocycles. The van der Waals surface area contributed by atoms with E-state index in [2.05, 4.69) is 9.55 Å². The Morgan fingerprint density at radius 2 is 2.21 bits per heavy atom. The van der Waals surface area contributed by atoms with E-state index in [4.69, 9.17) is 15.2 Å². The molecule has 2 aromatic rings. The molecule has 1 aromatic heterocycles. The van der Waals surface area contributed by atoms with Gasteiger partial charge in [-0.25, -0.2) is 4.98 Å². The van der Waals surface area contributed by atoms with Gasteiger partial charge in [-0.3, -0.25) is 4.79 Å². The highest BCUT2D eigenvalue weighted by Gasteiger charge is 2.21. The predicted molar refractivity (Wildman–Crippen MR) is 92.1 cm³/mol. The average molecular weight is 331 g/mol. The molecular weight excluding hydrogens is 306 g/mol. The van der Waals surface area contributed by atoms with E-state index < -0.39 is 0 Å². The highest BCUT2D eigenvalue weighted by molar-refractivity contribution is 5.80. The zero-order chi connectivity index (χ0) is 16.9. The molecule has 1 aliphatic heterocycles. The van der Waals surface area contributed by atoms with Gasteiger partial charge in [0.2, 0.25) is 0 Å². The van der Waals surface area contributed by atoms with Crippen LogP contribution in [0.4, 0.5) is 0 Å². The Hall–Kier alpha value is -1.92. The molecule has 0 amide bonds. The fourth-order valence-corrected chi connectivity index (χ4v) is 3.23. The normalized spacial score (nSPS) is 15.8. The van der Waals surface area contributed by atoms with Crippen LogP contribution in [0.25, 0.3) is 11.0 Å². The second-order valence-electron chi connectivity index (χ2n) is 6.17. The van der Waals surface area contributed by atoms with Crippen molar-refractivity contribution in [3.63, 3.8) is 0 Å². The largest absolute Gasteiger partial charge is 0.486 e. The van der Waals surface area contributed by atoms with Crippen molar-refractivity contribution in [1.29, 1.82) is 0 Å². The molecule has 1 aliphatic rings. The smallest absolute Gasteiger partial charge is 0.170 e. The molecule has 1 fully saturated rings. The van der Waals surface area contributed by atoms with Gasteiger partial charge in [0.25, 0.3) is 0 Å². The molecule has 0 bridgehead atoms. The highest BCUT2D eigenvalue weighted by Crippen LogP contribution is 2.29. The van der Waals surface area contributed by atoms with Crippen LogP contribution >= 0.6 is 0 Å². The topological polar surface area (TPSA) is 79.4 Å². The third-order valence-electron chi connectivity index (χ3n) is 4.40. The number of nitrogens with two attached hydrogens (primary N) is 1. The van der Waals surface area contributed by atoms with E-state index >= 15 is 0 Å². The van der Waals surface area contributed by atoms with E-state index in [-0.39, 0.29) is 12.4 Å². The minimum atomic E-state index is 0.115. The number of fused-ring (bicyclic) bond motifs is 1. The van der Waals surface area contributed by atoms with Crippen LogP contribution in [0, 0.1) is 0 Å². The first-order valence-corrected chi connectivity index (χ1v) is 8.66. The first-order chi connectivity index (χ1) is 11.7. The van der Waals surface area contributed by atoms with Gasteiger partial charge in [-0.05, 0) is 31.4 Å². The molecule has 2 N–H and O–H groups in total. The number of hydrogen-bond acceptors (Lipinski definition) is 5. The first-order valence-electron chi connectivity index (χ1n) is 8.66. The van der Waals surface area contributed by atoms with Gasteiger partial charge in [-0.1, -0.05) is 6.92 Å². The molecule has 0 radical (unpaired) electrons. The molecule has 1 saturated heterocycles. The number of carbonyl (C=O) groups is 1. The lowest BCUT2D eigenvalue weighted by molar-refractivity contribution is -0.121. The Bertz CT molecular complexity index is 705. The van der Waals surface area contributed by atoms with Crippen molar-refractivity contribution >= 4 is 16.8 Å². The molecule has 0 atom stereocenters. The van der Waals surface area contributed by atoms with Crippen molar-refractivity contribution < 1.29 is 14.3 Å². The fourth-order valence-electron chi connectivity index (χ4n) is 3.23. The number of rotatable bonds is 7. The van der Waals surface area contributed by atoms with Gasteiger partial charge in [0.1, 0.15) is 18.2 Å². The molecule has 130 valence electrons. The minimum absolute atomic E-state index is 0.115. The van der Waals surface area contributed by atoms with Crippen molar-refractivity contribution in [2.24, 2.45) is 5.73 Å². The number of ether oxygens (including phenoxy) is 2. The molecule has 3 rings (SSSR count). The summed E-state index contributed by atoms with van der Waals surface area (Å²) in [5.41, 5.74) is 7.83. The van der Waals surface area contributed by atoms with Crippen LogP contribution in [0.5, 0.6) is 5.75 Å². The Morgan fingerprint density at radius 1 is 1.42 bits per heavy atom. The number of imidazole rings is 1. The standard InChI is InChI=1S/C18H25N3O3/c1-2-3-14(22)12-24-15-4-5-17-16(10-15)20-18(11-19)21(17)13-6-8-23-9-7-13/h4-5,10,13H,2-3,6-9,11-12,19H2,1H3. The number of benzene rings is 1. The van der Waals surface area contributed by atoms with Gasteiger partial charge in [0.15, 0.2) is 5.78 Å². The van der Waals surface area contributed by atoms with E-state index in [0.717, 1.165) is 49.3 Å². The Balaban J connectivity index is 1.84. The Labute approximate surface area is 141 Å². The van der Waals surface area contributed by atoms with Gasteiger partial charge >= 0.3 is 0 Å². The fraction of sp³-hybridized carbons (Fsp3) is 0.556. The van der Waals surface area contributed by atoms with Crippen molar-refractivity contribution in [2.75, 3.05) is 19.8 Å². The van der Waals surface area contributed by atoms with E-state index in [1.807, 2.05) is 25.1 Å². The van der Waals surface area contributed by atoms with E-state index in [9.17, 15) is 4.79 Å². The van der Waals surface area contributed by atoms with Crippen molar-refractivity contribution in [3.8, 4) is 5.75 Å². The highest BCUT2D eigenvalue weighted by atomic mass is 16.5. The summed E-state index contributed by atoms with van der Waals surface area (Å²) in [6.07, 6.45) is 3.35. The van der Waals surface area contributed by atoms with E-state index in [1.54, 1.807) is 0 Å². The summed E-state index contributed by atoms with van der Waals surface area (Å²) >= 11 is 0. The van der Waals surface area contributed by atoms with E-state index in [1.165, 1.54) is 0 Å². The molecule has 6 heteroatoms. The molecule has 24 heavy (non-hydrogen) atoms. The van der Waals surface area contributed by atoms with Crippen LogP contribution in [0.3, 0.4) is 0 Å². The summed E-state index contributed by atoms with van der Waals surface area (Å²) in [4.78, 5) is 16.3. The van der Waals surface area contributed by atoms with Crippen LogP contribution < -0.4 is 10.5 Å². The number of hydrogen-bond donors (Lipinski definition) is 1. The predicted octanol–water partition coefficient (Wildman–Crippen LogP) is 2.59. The molecular formula is C18H25N3O3.